The van der Waals surface area contributed by atoms with Crippen LogP contribution in [0.3, 0.4) is 0 Å². The fourth-order valence-electron chi connectivity index (χ4n) is 3.91. The molecule has 208 valence electrons. The molecule has 0 spiro atoms. The van der Waals surface area contributed by atoms with E-state index in [1.165, 1.54) is 19.4 Å². The zero-order chi connectivity index (χ0) is 28.5. The number of imidazole rings is 1. The molecule has 1 aromatic carbocycles. The molecule has 0 saturated carbocycles. The van der Waals surface area contributed by atoms with Gasteiger partial charge in [0, 0.05) is 48.3 Å². The van der Waals surface area contributed by atoms with Crippen LogP contribution in [-0.4, -0.2) is 79.0 Å². The van der Waals surface area contributed by atoms with E-state index in [4.69, 9.17) is 10.8 Å². The van der Waals surface area contributed by atoms with E-state index in [-0.39, 0.29) is 25.7 Å². The van der Waals surface area contributed by atoms with Gasteiger partial charge in [-0.1, -0.05) is 18.2 Å². The van der Waals surface area contributed by atoms with Gasteiger partial charge in [-0.15, -0.1) is 0 Å². The molecular weight excluding hydrogens is 510 g/mol. The van der Waals surface area contributed by atoms with Crippen LogP contribution in [0.4, 0.5) is 0 Å². The third-order valence-corrected chi connectivity index (χ3v) is 6.08. The van der Waals surface area contributed by atoms with E-state index in [9.17, 15) is 29.1 Å². The number of hydrogen-bond donors (Lipinski definition) is 8. The molecule has 0 radical (unpaired) electrons. The SMILES string of the molecule is CC(NC(=O)C(N)CCC(=O)O)C(=O)NC(Cc1cnc[nH]1)C(=O)NC(Cc1c[nH]c2ccccc12)C(=O)O. The first-order valence-corrected chi connectivity index (χ1v) is 12.2. The summed E-state index contributed by atoms with van der Waals surface area (Å²) in [6.45, 7) is 1.37. The topological polar surface area (TPSA) is 232 Å². The molecule has 14 nitrogen and oxygen atoms in total. The van der Waals surface area contributed by atoms with Gasteiger partial charge < -0.3 is 41.9 Å². The number of fused-ring (bicyclic) bond motifs is 1. The second kappa shape index (κ2) is 13.2. The number of carboxylic acid groups (broad SMARTS) is 2. The molecule has 9 N–H and O–H groups in total. The van der Waals surface area contributed by atoms with Crippen molar-refractivity contribution < 1.29 is 34.2 Å². The number of amides is 3. The number of aromatic amines is 2. The Hall–Kier alpha value is -4.72. The highest BCUT2D eigenvalue weighted by molar-refractivity contribution is 5.94. The summed E-state index contributed by atoms with van der Waals surface area (Å²) in [5.41, 5.74) is 7.72. The number of benzene rings is 1. The zero-order valence-corrected chi connectivity index (χ0v) is 21.1. The smallest absolute Gasteiger partial charge is 0.326 e. The molecule has 39 heavy (non-hydrogen) atoms. The normalized spacial score (nSPS) is 14.1. The summed E-state index contributed by atoms with van der Waals surface area (Å²) in [6, 6.07) is 2.60. The van der Waals surface area contributed by atoms with Crippen LogP contribution in [0.5, 0.6) is 0 Å². The average molecular weight is 542 g/mol. The maximum absolute atomic E-state index is 13.2. The maximum atomic E-state index is 13.2. The summed E-state index contributed by atoms with van der Waals surface area (Å²) >= 11 is 0. The Morgan fingerprint density at radius 1 is 0.949 bits per heavy atom. The third kappa shape index (κ3) is 8.13. The van der Waals surface area contributed by atoms with E-state index >= 15 is 0 Å². The molecule has 3 rings (SSSR count). The Morgan fingerprint density at radius 2 is 1.67 bits per heavy atom. The number of nitrogens with two attached hydrogens (primary N) is 1. The molecule has 0 aliphatic heterocycles. The molecule has 0 aliphatic carbocycles. The van der Waals surface area contributed by atoms with Gasteiger partial charge in [-0.2, -0.15) is 0 Å². The third-order valence-electron chi connectivity index (χ3n) is 6.08. The molecule has 4 atom stereocenters. The largest absolute Gasteiger partial charge is 0.481 e. The highest BCUT2D eigenvalue weighted by atomic mass is 16.4. The maximum Gasteiger partial charge on any atom is 0.326 e. The van der Waals surface area contributed by atoms with Gasteiger partial charge in [0.05, 0.1) is 12.4 Å². The van der Waals surface area contributed by atoms with Crippen molar-refractivity contribution in [3.8, 4) is 0 Å². The lowest BCUT2D eigenvalue weighted by atomic mass is 10.0. The molecular formula is C25H31N7O7. The van der Waals surface area contributed by atoms with E-state index in [0.29, 0.717) is 11.3 Å². The number of nitrogens with zero attached hydrogens (tertiary/aromatic N) is 1. The quantitative estimate of drug-likeness (QED) is 0.130. The lowest BCUT2D eigenvalue weighted by molar-refractivity contribution is -0.142. The van der Waals surface area contributed by atoms with Crippen molar-refractivity contribution in [3.05, 3.63) is 54.2 Å². The van der Waals surface area contributed by atoms with Crippen molar-refractivity contribution in [1.82, 2.24) is 30.9 Å². The van der Waals surface area contributed by atoms with Crippen LogP contribution in [0.25, 0.3) is 10.9 Å². The summed E-state index contributed by atoms with van der Waals surface area (Å²) in [5.74, 6) is -4.56. The van der Waals surface area contributed by atoms with Gasteiger partial charge >= 0.3 is 11.9 Å². The number of rotatable bonds is 14. The van der Waals surface area contributed by atoms with Crippen LogP contribution in [0.2, 0.25) is 0 Å². The molecule has 2 heterocycles. The fraction of sp³-hybridized carbons (Fsp3) is 0.360. The van der Waals surface area contributed by atoms with Gasteiger partial charge in [0.1, 0.15) is 18.1 Å². The van der Waals surface area contributed by atoms with Crippen LogP contribution in [-0.2, 0) is 36.8 Å². The predicted molar refractivity (Wildman–Crippen MR) is 138 cm³/mol. The molecule has 4 unspecified atom stereocenters. The zero-order valence-electron chi connectivity index (χ0n) is 21.1. The van der Waals surface area contributed by atoms with Crippen LogP contribution >= 0.6 is 0 Å². The number of hydrogen-bond acceptors (Lipinski definition) is 7. The van der Waals surface area contributed by atoms with E-state index in [2.05, 4.69) is 30.9 Å². The van der Waals surface area contributed by atoms with Crippen molar-refractivity contribution in [3.63, 3.8) is 0 Å². The minimum atomic E-state index is -1.29. The number of carboxylic acids is 2. The predicted octanol–water partition coefficient (Wildman–Crippen LogP) is -0.573. The number of carbonyl (C=O) groups is 5. The number of carbonyl (C=O) groups excluding carboxylic acids is 3. The molecule has 3 aromatic rings. The Balaban J connectivity index is 1.69. The summed E-state index contributed by atoms with van der Waals surface area (Å²) in [6.07, 6.45) is 4.07. The van der Waals surface area contributed by atoms with Crippen molar-refractivity contribution in [2.45, 2.75) is 56.8 Å². The molecule has 0 aliphatic rings. The molecule has 2 aromatic heterocycles. The first-order valence-electron chi connectivity index (χ1n) is 12.2. The standard InChI is InChI=1S/C25H31N7O7/c1-13(30-23(36)17(26)6-7-21(33)34)22(35)31-19(9-15-11-27-12-29-15)24(37)32-20(25(38)39)8-14-10-28-18-5-3-2-4-16(14)18/h2-5,10-13,17,19-20,28H,6-9,26H2,1H3,(H,27,29)(H,30,36)(H,31,35)(H,32,37)(H,33,34)(H,38,39). The molecule has 0 bridgehead atoms. The second-order valence-electron chi connectivity index (χ2n) is 9.07. The highest BCUT2D eigenvalue weighted by Gasteiger charge is 2.30. The number of nitrogens with one attached hydrogen (secondary N) is 5. The first kappa shape index (κ1) is 28.8. The van der Waals surface area contributed by atoms with Crippen molar-refractivity contribution in [2.75, 3.05) is 0 Å². The number of aliphatic carboxylic acids is 2. The monoisotopic (exact) mass is 541 g/mol. The first-order chi connectivity index (χ1) is 18.5. The molecule has 0 saturated heterocycles. The second-order valence-corrected chi connectivity index (χ2v) is 9.07. The van der Waals surface area contributed by atoms with Crippen LogP contribution in [0, 0.1) is 0 Å². The number of aromatic nitrogens is 3. The summed E-state index contributed by atoms with van der Waals surface area (Å²) in [5, 5.41) is 26.8. The average Bonchev–Trinajstić information content (AvgIpc) is 3.56. The van der Waals surface area contributed by atoms with Gasteiger partial charge in [0.15, 0.2) is 0 Å². The highest BCUT2D eigenvalue weighted by Crippen LogP contribution is 2.19. The van der Waals surface area contributed by atoms with Gasteiger partial charge in [-0.25, -0.2) is 9.78 Å². The molecule has 3 amide bonds. The van der Waals surface area contributed by atoms with Crippen LogP contribution in [0.1, 0.15) is 31.0 Å². The van der Waals surface area contributed by atoms with Gasteiger partial charge in [0.2, 0.25) is 17.7 Å². The number of H-pyrrole nitrogens is 2. The van der Waals surface area contributed by atoms with Crippen molar-refractivity contribution in [2.24, 2.45) is 5.73 Å². The summed E-state index contributed by atoms with van der Waals surface area (Å²) < 4.78 is 0. The molecule has 0 fully saturated rings. The van der Waals surface area contributed by atoms with E-state index in [1.54, 1.807) is 6.20 Å². The lowest BCUT2D eigenvalue weighted by Gasteiger charge is -2.23. The Kier molecular flexibility index (Phi) is 9.75. The van der Waals surface area contributed by atoms with E-state index < -0.39 is 53.8 Å². The minimum Gasteiger partial charge on any atom is -0.481 e. The Morgan fingerprint density at radius 3 is 2.33 bits per heavy atom. The van der Waals surface area contributed by atoms with E-state index in [0.717, 1.165) is 10.9 Å². The Bertz CT molecular complexity index is 1320. The minimum absolute atomic E-state index is 0.00347. The summed E-state index contributed by atoms with van der Waals surface area (Å²) in [4.78, 5) is 70.8. The lowest BCUT2D eigenvalue weighted by Crippen LogP contribution is -2.57. The van der Waals surface area contributed by atoms with E-state index in [1.807, 2.05) is 24.3 Å². The van der Waals surface area contributed by atoms with Crippen molar-refractivity contribution in [1.29, 1.82) is 0 Å². The van der Waals surface area contributed by atoms with Gasteiger partial charge in [-0.05, 0) is 25.0 Å². The van der Waals surface area contributed by atoms with Crippen LogP contribution < -0.4 is 21.7 Å². The van der Waals surface area contributed by atoms with Crippen molar-refractivity contribution >= 4 is 40.6 Å². The van der Waals surface area contributed by atoms with Crippen LogP contribution in [0.15, 0.2) is 43.0 Å². The fourth-order valence-corrected chi connectivity index (χ4v) is 3.91. The summed E-state index contributed by atoms with van der Waals surface area (Å²) in [7, 11) is 0. The van der Waals surface area contributed by atoms with Gasteiger partial charge in [-0.3, -0.25) is 19.2 Å². The number of para-hydroxylation sites is 1. The van der Waals surface area contributed by atoms with Gasteiger partial charge in [0.25, 0.3) is 0 Å². The molecule has 14 heteroatoms. The Labute approximate surface area is 222 Å².